The molecule has 0 saturated carbocycles. The van der Waals surface area contributed by atoms with Gasteiger partial charge in [0.15, 0.2) is 11.6 Å². The fourth-order valence-corrected chi connectivity index (χ4v) is 4.37. The minimum atomic E-state index is -1.08. The van der Waals surface area contributed by atoms with Crippen molar-refractivity contribution in [2.24, 2.45) is 17.6 Å². The van der Waals surface area contributed by atoms with E-state index in [-0.39, 0.29) is 35.2 Å². The van der Waals surface area contributed by atoms with Gasteiger partial charge in [-0.1, -0.05) is 26.8 Å². The molecule has 1 aromatic heterocycles. The van der Waals surface area contributed by atoms with Gasteiger partial charge in [0, 0.05) is 29.4 Å². The molecule has 2 heterocycles. The lowest BCUT2D eigenvalue weighted by atomic mass is 9.79. The van der Waals surface area contributed by atoms with E-state index in [1.807, 2.05) is 20.8 Å². The summed E-state index contributed by atoms with van der Waals surface area (Å²) in [7, 11) is 1.27. The quantitative estimate of drug-likeness (QED) is 0.651. The zero-order chi connectivity index (χ0) is 22.9. The Morgan fingerprint density at radius 2 is 1.97 bits per heavy atom. The van der Waals surface area contributed by atoms with E-state index in [0.29, 0.717) is 11.3 Å². The highest BCUT2D eigenvalue weighted by Crippen LogP contribution is 2.43. The molecule has 0 unspecified atom stereocenters. The molecular weight excluding hydrogens is 406 g/mol. The Hall–Kier alpha value is -3.07. The topological polar surface area (TPSA) is 106 Å². The maximum Gasteiger partial charge on any atom is 0.267 e. The number of hydrogen-bond acceptors (Lipinski definition) is 5. The summed E-state index contributed by atoms with van der Waals surface area (Å²) >= 11 is 0. The average Bonchev–Trinajstić information content (AvgIpc) is 3.07. The number of methoxy groups -OCH3 is 1. The number of rotatable bonds is 6. The van der Waals surface area contributed by atoms with E-state index in [1.165, 1.54) is 31.5 Å². The Kier molecular flexibility index (Phi) is 6.54. The zero-order valence-electron chi connectivity index (χ0n) is 17.8. The summed E-state index contributed by atoms with van der Waals surface area (Å²) in [6.07, 6.45) is 1.37. The number of carbonyl (C=O) groups is 2. The van der Waals surface area contributed by atoms with E-state index < -0.39 is 29.5 Å². The van der Waals surface area contributed by atoms with Crippen molar-refractivity contribution in [1.82, 2.24) is 10.3 Å². The number of nitrogens with one attached hydrogen (secondary N) is 2. The third-order valence-corrected chi connectivity index (χ3v) is 5.79. The van der Waals surface area contributed by atoms with Gasteiger partial charge < -0.3 is 21.1 Å². The average molecular weight is 432 g/mol. The molecule has 1 aliphatic rings. The largest absolute Gasteiger partial charge is 0.493 e. The van der Waals surface area contributed by atoms with Crippen molar-refractivity contribution in [2.75, 3.05) is 12.4 Å². The monoisotopic (exact) mass is 432 g/mol. The van der Waals surface area contributed by atoms with Crippen molar-refractivity contribution in [1.29, 1.82) is 0 Å². The van der Waals surface area contributed by atoms with Crippen molar-refractivity contribution in [2.45, 2.75) is 38.8 Å². The van der Waals surface area contributed by atoms with Crippen molar-refractivity contribution in [3.8, 4) is 5.75 Å². The summed E-state index contributed by atoms with van der Waals surface area (Å²) in [4.78, 5) is 28.5. The molecular formula is C22H26F2N4O3. The first-order valence-electron chi connectivity index (χ1n) is 10.00. The molecule has 7 nitrogen and oxygen atoms in total. The Labute approximate surface area is 179 Å². The van der Waals surface area contributed by atoms with E-state index in [1.54, 1.807) is 0 Å². The van der Waals surface area contributed by atoms with Crippen LogP contribution in [0.4, 0.5) is 14.5 Å². The SMILES string of the molecule is COc1c([C@@H]2[C@H](C)[C@H](C(C)C)N[C@H]2C(=O)Nc2ccnc(C(N)=O)c2)ccc(F)c1F. The van der Waals surface area contributed by atoms with Crippen molar-refractivity contribution < 1.29 is 23.1 Å². The minimum Gasteiger partial charge on any atom is -0.493 e. The van der Waals surface area contributed by atoms with Crippen LogP contribution < -0.4 is 21.1 Å². The summed E-state index contributed by atoms with van der Waals surface area (Å²) in [6.45, 7) is 6.01. The van der Waals surface area contributed by atoms with Gasteiger partial charge in [0.2, 0.25) is 11.7 Å². The molecule has 4 N–H and O–H groups in total. The van der Waals surface area contributed by atoms with E-state index in [4.69, 9.17) is 10.5 Å². The summed E-state index contributed by atoms with van der Waals surface area (Å²) < 4.78 is 33.4. The van der Waals surface area contributed by atoms with Gasteiger partial charge in [0.1, 0.15) is 5.69 Å². The van der Waals surface area contributed by atoms with Crippen LogP contribution in [-0.2, 0) is 4.79 Å². The predicted octanol–water partition coefficient (Wildman–Crippen LogP) is 2.82. The molecule has 1 aromatic carbocycles. The van der Waals surface area contributed by atoms with Gasteiger partial charge in [-0.05, 0) is 30.0 Å². The van der Waals surface area contributed by atoms with Gasteiger partial charge in [-0.15, -0.1) is 0 Å². The number of benzene rings is 1. The second kappa shape index (κ2) is 8.97. The molecule has 0 spiro atoms. The van der Waals surface area contributed by atoms with Crippen molar-refractivity contribution in [3.63, 3.8) is 0 Å². The molecule has 4 atom stereocenters. The Morgan fingerprint density at radius 1 is 1.26 bits per heavy atom. The summed E-state index contributed by atoms with van der Waals surface area (Å²) in [5, 5.41) is 6.11. The van der Waals surface area contributed by atoms with Gasteiger partial charge in [0.25, 0.3) is 5.91 Å². The van der Waals surface area contributed by atoms with Crippen molar-refractivity contribution in [3.05, 3.63) is 53.4 Å². The lowest BCUT2D eigenvalue weighted by molar-refractivity contribution is -0.118. The highest BCUT2D eigenvalue weighted by Gasteiger charge is 2.47. The molecule has 1 aliphatic heterocycles. The molecule has 1 saturated heterocycles. The summed E-state index contributed by atoms with van der Waals surface area (Å²) in [5.74, 6) is -3.77. The number of anilines is 1. The molecule has 2 amide bonds. The second-order valence-electron chi connectivity index (χ2n) is 8.07. The van der Waals surface area contributed by atoms with Crippen LogP contribution in [0.25, 0.3) is 0 Å². The molecule has 31 heavy (non-hydrogen) atoms. The Bertz CT molecular complexity index is 999. The van der Waals surface area contributed by atoms with Gasteiger partial charge in [-0.2, -0.15) is 4.39 Å². The minimum absolute atomic E-state index is 0.0180. The molecule has 2 aromatic rings. The van der Waals surface area contributed by atoms with Crippen LogP contribution in [0.2, 0.25) is 0 Å². The first-order chi connectivity index (χ1) is 14.6. The number of ether oxygens (including phenoxy) is 1. The van der Waals surface area contributed by atoms with Gasteiger partial charge in [-0.25, -0.2) is 4.39 Å². The number of aromatic nitrogens is 1. The van der Waals surface area contributed by atoms with Gasteiger partial charge in [0.05, 0.1) is 13.2 Å². The van der Waals surface area contributed by atoms with E-state index in [2.05, 4.69) is 15.6 Å². The maximum atomic E-state index is 14.4. The van der Waals surface area contributed by atoms with Gasteiger partial charge in [-0.3, -0.25) is 14.6 Å². The Morgan fingerprint density at radius 3 is 2.58 bits per heavy atom. The smallest absolute Gasteiger partial charge is 0.267 e. The van der Waals surface area contributed by atoms with E-state index >= 15 is 0 Å². The first kappa shape index (κ1) is 22.6. The van der Waals surface area contributed by atoms with Crippen LogP contribution in [-0.4, -0.2) is 36.0 Å². The number of primary amides is 1. The van der Waals surface area contributed by atoms with Crippen LogP contribution in [0, 0.1) is 23.5 Å². The number of amides is 2. The lowest BCUT2D eigenvalue weighted by Crippen LogP contribution is -2.42. The molecule has 1 fully saturated rings. The van der Waals surface area contributed by atoms with Gasteiger partial charge >= 0.3 is 0 Å². The molecule has 3 rings (SSSR count). The highest BCUT2D eigenvalue weighted by atomic mass is 19.2. The summed E-state index contributed by atoms with van der Waals surface area (Å²) in [5.41, 5.74) is 6.04. The normalized spacial score (nSPS) is 23.1. The number of nitrogens with two attached hydrogens (primary N) is 1. The molecule has 0 aliphatic carbocycles. The number of pyridine rings is 1. The second-order valence-corrected chi connectivity index (χ2v) is 8.07. The fraction of sp³-hybridized carbons (Fsp3) is 0.409. The third-order valence-electron chi connectivity index (χ3n) is 5.79. The zero-order valence-corrected chi connectivity index (χ0v) is 17.8. The van der Waals surface area contributed by atoms with Crippen LogP contribution in [0.1, 0.15) is 42.7 Å². The Balaban J connectivity index is 1.99. The molecule has 0 radical (unpaired) electrons. The maximum absolute atomic E-state index is 14.4. The van der Waals surface area contributed by atoms with Crippen LogP contribution in [0.3, 0.4) is 0 Å². The van der Waals surface area contributed by atoms with Crippen LogP contribution in [0.5, 0.6) is 5.75 Å². The number of hydrogen-bond donors (Lipinski definition) is 3. The predicted molar refractivity (Wildman–Crippen MR) is 112 cm³/mol. The molecule has 9 heteroatoms. The number of nitrogens with zero attached hydrogens (tertiary/aromatic N) is 1. The van der Waals surface area contributed by atoms with Crippen molar-refractivity contribution >= 4 is 17.5 Å². The van der Waals surface area contributed by atoms with Crippen LogP contribution >= 0.6 is 0 Å². The highest BCUT2D eigenvalue weighted by molar-refractivity contribution is 5.97. The fourth-order valence-electron chi connectivity index (χ4n) is 4.37. The number of halogens is 2. The van der Waals surface area contributed by atoms with E-state index in [0.717, 1.165) is 6.07 Å². The standard InChI is InChI=1S/C22H26F2N4O3/c1-10(2)18-11(3)16(13-5-6-14(23)17(24)20(13)31-4)19(28-18)22(30)27-12-7-8-26-15(9-12)21(25)29/h5-11,16,18-19,28H,1-4H3,(H2,25,29)(H,26,27,30)/t11-,16-,18-,19+/m0/s1. The lowest BCUT2D eigenvalue weighted by Gasteiger charge is -2.25. The first-order valence-corrected chi connectivity index (χ1v) is 10.00. The third kappa shape index (κ3) is 4.36. The van der Waals surface area contributed by atoms with Crippen LogP contribution in [0.15, 0.2) is 30.5 Å². The molecule has 0 bridgehead atoms. The van der Waals surface area contributed by atoms with E-state index in [9.17, 15) is 18.4 Å². The molecule has 166 valence electrons. The number of carbonyl (C=O) groups excluding carboxylic acids is 2. The summed E-state index contributed by atoms with van der Waals surface area (Å²) in [6, 6.07) is 4.63.